The highest BCUT2D eigenvalue weighted by Crippen LogP contribution is 2.40. The Bertz CT molecular complexity index is 403. The molecule has 2 heterocycles. The molecule has 4 nitrogen and oxygen atoms in total. The van der Waals surface area contributed by atoms with Gasteiger partial charge in [0.1, 0.15) is 5.82 Å². The quantitative estimate of drug-likeness (QED) is 0.840. The van der Waals surface area contributed by atoms with Crippen LogP contribution >= 0.6 is 11.5 Å². The summed E-state index contributed by atoms with van der Waals surface area (Å²) in [6, 6.07) is 0.471. The van der Waals surface area contributed by atoms with Gasteiger partial charge >= 0.3 is 0 Å². The van der Waals surface area contributed by atoms with Crippen LogP contribution < -0.4 is 4.90 Å². The number of anilines is 1. The summed E-state index contributed by atoms with van der Waals surface area (Å²) in [6.45, 7) is 7.13. The minimum Gasteiger partial charge on any atom is -0.377 e. The second kappa shape index (κ2) is 5.13. The standard InChI is InChI=1S/C13H21N3OS/c1-9(2)7-11-8-17-6-5-16(11)13-14-12(15-18-13)10-3-4-10/h9-11H,3-8H2,1-2H3. The van der Waals surface area contributed by atoms with E-state index in [0.29, 0.717) is 17.9 Å². The Kier molecular flexibility index (Phi) is 3.52. The van der Waals surface area contributed by atoms with Gasteiger partial charge in [0.2, 0.25) is 5.13 Å². The van der Waals surface area contributed by atoms with Gasteiger partial charge in [0.15, 0.2) is 0 Å². The maximum atomic E-state index is 5.62. The third kappa shape index (κ3) is 2.67. The normalized spacial score (nSPS) is 24.8. The smallest absolute Gasteiger partial charge is 0.205 e. The summed E-state index contributed by atoms with van der Waals surface area (Å²) in [7, 11) is 0. The lowest BCUT2D eigenvalue weighted by atomic mass is 10.0. The highest BCUT2D eigenvalue weighted by Gasteiger charge is 2.31. The summed E-state index contributed by atoms with van der Waals surface area (Å²) in [4.78, 5) is 7.14. The molecule has 3 rings (SSSR count). The van der Waals surface area contributed by atoms with Gasteiger partial charge < -0.3 is 9.64 Å². The van der Waals surface area contributed by atoms with Gasteiger partial charge in [0.05, 0.1) is 19.3 Å². The fraction of sp³-hybridized carbons (Fsp3) is 0.846. The zero-order valence-electron chi connectivity index (χ0n) is 11.1. The van der Waals surface area contributed by atoms with Crippen molar-refractivity contribution < 1.29 is 4.74 Å². The van der Waals surface area contributed by atoms with Crippen LogP contribution in [0, 0.1) is 5.92 Å². The molecule has 2 fully saturated rings. The van der Waals surface area contributed by atoms with Crippen molar-refractivity contribution in [3.05, 3.63) is 5.82 Å². The summed E-state index contributed by atoms with van der Waals surface area (Å²) in [5, 5.41) is 1.10. The van der Waals surface area contributed by atoms with Crippen molar-refractivity contribution in [2.24, 2.45) is 5.92 Å². The Labute approximate surface area is 113 Å². The maximum absolute atomic E-state index is 5.62. The van der Waals surface area contributed by atoms with Crippen molar-refractivity contribution >= 4 is 16.7 Å². The van der Waals surface area contributed by atoms with Gasteiger partial charge in [-0.3, -0.25) is 0 Å². The van der Waals surface area contributed by atoms with Crippen molar-refractivity contribution in [2.75, 3.05) is 24.7 Å². The average Bonchev–Trinajstić information content (AvgIpc) is 3.08. The molecule has 0 amide bonds. The van der Waals surface area contributed by atoms with E-state index in [-0.39, 0.29) is 0 Å². The Morgan fingerprint density at radius 1 is 1.44 bits per heavy atom. The van der Waals surface area contributed by atoms with Crippen molar-refractivity contribution in [3.63, 3.8) is 0 Å². The van der Waals surface area contributed by atoms with Crippen LogP contribution in [0.25, 0.3) is 0 Å². The van der Waals surface area contributed by atoms with Gasteiger partial charge in [-0.2, -0.15) is 4.37 Å². The summed E-state index contributed by atoms with van der Waals surface area (Å²) in [5.41, 5.74) is 0. The van der Waals surface area contributed by atoms with E-state index in [4.69, 9.17) is 9.72 Å². The van der Waals surface area contributed by atoms with Gasteiger partial charge in [0.25, 0.3) is 0 Å². The highest BCUT2D eigenvalue weighted by molar-refractivity contribution is 7.09. The molecule has 18 heavy (non-hydrogen) atoms. The van der Waals surface area contributed by atoms with E-state index in [2.05, 4.69) is 23.1 Å². The molecule has 1 atom stereocenters. The molecule has 1 saturated carbocycles. The Morgan fingerprint density at radius 2 is 2.28 bits per heavy atom. The van der Waals surface area contributed by atoms with Gasteiger partial charge in [-0.05, 0) is 25.2 Å². The minimum atomic E-state index is 0.471. The topological polar surface area (TPSA) is 38.2 Å². The molecule has 1 aromatic heterocycles. The molecule has 0 N–H and O–H groups in total. The van der Waals surface area contributed by atoms with E-state index in [1.807, 2.05) is 0 Å². The molecule has 100 valence electrons. The molecule has 0 radical (unpaired) electrons. The lowest BCUT2D eigenvalue weighted by Crippen LogP contribution is -2.46. The molecule has 0 bridgehead atoms. The third-order valence-corrected chi connectivity index (χ3v) is 4.36. The minimum absolute atomic E-state index is 0.471. The Morgan fingerprint density at radius 3 is 3.00 bits per heavy atom. The number of rotatable bonds is 4. The molecule has 1 aromatic rings. The SMILES string of the molecule is CC(C)CC1COCCN1c1nc(C2CC2)ns1. The van der Waals surface area contributed by atoms with Crippen LogP contribution in [-0.4, -0.2) is 35.2 Å². The third-order valence-electron chi connectivity index (χ3n) is 3.59. The highest BCUT2D eigenvalue weighted by atomic mass is 32.1. The second-order valence-electron chi connectivity index (χ2n) is 5.76. The van der Waals surface area contributed by atoms with E-state index in [1.165, 1.54) is 19.3 Å². The van der Waals surface area contributed by atoms with Gasteiger partial charge in [0, 0.05) is 24.0 Å². The molecule has 0 aromatic carbocycles. The maximum Gasteiger partial charge on any atom is 0.205 e. The largest absolute Gasteiger partial charge is 0.377 e. The molecule has 0 spiro atoms. The first-order valence-electron chi connectivity index (χ1n) is 6.92. The summed E-state index contributed by atoms with van der Waals surface area (Å²) < 4.78 is 10.1. The average molecular weight is 267 g/mol. The van der Waals surface area contributed by atoms with Crippen molar-refractivity contribution in [2.45, 2.75) is 45.1 Å². The van der Waals surface area contributed by atoms with Crippen LogP contribution in [0.2, 0.25) is 0 Å². The van der Waals surface area contributed by atoms with E-state index in [0.717, 1.165) is 30.7 Å². The van der Waals surface area contributed by atoms with Gasteiger partial charge in [-0.1, -0.05) is 13.8 Å². The molecule has 1 saturated heterocycles. The number of ether oxygens (including phenoxy) is 1. The number of hydrogen-bond donors (Lipinski definition) is 0. The number of hydrogen-bond acceptors (Lipinski definition) is 5. The molecular weight excluding hydrogens is 246 g/mol. The number of aromatic nitrogens is 2. The summed E-state index contributed by atoms with van der Waals surface area (Å²) in [5.74, 6) is 2.42. The fourth-order valence-electron chi connectivity index (χ4n) is 2.50. The fourth-order valence-corrected chi connectivity index (χ4v) is 3.34. The Balaban J connectivity index is 1.73. The first-order chi connectivity index (χ1) is 8.74. The Hall–Kier alpha value is -0.680. The van der Waals surface area contributed by atoms with E-state index in [1.54, 1.807) is 11.5 Å². The van der Waals surface area contributed by atoms with Crippen LogP contribution in [0.3, 0.4) is 0 Å². The van der Waals surface area contributed by atoms with Gasteiger partial charge in [-0.15, -0.1) is 0 Å². The van der Waals surface area contributed by atoms with E-state index in [9.17, 15) is 0 Å². The zero-order valence-corrected chi connectivity index (χ0v) is 11.9. The van der Waals surface area contributed by atoms with Crippen LogP contribution in [0.5, 0.6) is 0 Å². The van der Waals surface area contributed by atoms with Crippen molar-refractivity contribution in [3.8, 4) is 0 Å². The molecule has 1 unspecified atom stereocenters. The monoisotopic (exact) mass is 267 g/mol. The van der Waals surface area contributed by atoms with Gasteiger partial charge in [-0.25, -0.2) is 4.98 Å². The molecule has 5 heteroatoms. The lowest BCUT2D eigenvalue weighted by molar-refractivity contribution is 0.0877. The van der Waals surface area contributed by atoms with Crippen LogP contribution in [0.15, 0.2) is 0 Å². The molecule has 1 aliphatic carbocycles. The van der Waals surface area contributed by atoms with Crippen LogP contribution in [-0.2, 0) is 4.74 Å². The summed E-state index contributed by atoms with van der Waals surface area (Å²) in [6.07, 6.45) is 3.71. The molecular formula is C13H21N3OS. The first kappa shape index (κ1) is 12.4. The van der Waals surface area contributed by atoms with Crippen LogP contribution in [0.4, 0.5) is 5.13 Å². The predicted molar refractivity (Wildman–Crippen MR) is 73.3 cm³/mol. The first-order valence-corrected chi connectivity index (χ1v) is 7.69. The zero-order chi connectivity index (χ0) is 12.5. The predicted octanol–water partition coefficient (Wildman–Crippen LogP) is 2.67. The molecule has 2 aliphatic rings. The van der Waals surface area contributed by atoms with E-state index >= 15 is 0 Å². The number of nitrogens with zero attached hydrogens (tertiary/aromatic N) is 3. The van der Waals surface area contributed by atoms with Crippen molar-refractivity contribution in [1.82, 2.24) is 9.36 Å². The second-order valence-corrected chi connectivity index (χ2v) is 6.49. The van der Waals surface area contributed by atoms with Crippen LogP contribution in [0.1, 0.15) is 44.9 Å². The molecule has 1 aliphatic heterocycles. The lowest BCUT2D eigenvalue weighted by Gasteiger charge is -2.36. The van der Waals surface area contributed by atoms with E-state index < -0.39 is 0 Å². The van der Waals surface area contributed by atoms with Crippen molar-refractivity contribution in [1.29, 1.82) is 0 Å². The number of morpholine rings is 1. The summed E-state index contributed by atoms with van der Waals surface area (Å²) >= 11 is 1.56.